The van der Waals surface area contributed by atoms with Crippen LogP contribution in [0, 0.1) is 0 Å². The molecule has 1 heterocycles. The molecule has 1 aliphatic rings. The molecule has 0 spiro atoms. The van der Waals surface area contributed by atoms with Crippen LogP contribution in [0.25, 0.3) is 0 Å². The summed E-state index contributed by atoms with van der Waals surface area (Å²) in [5.74, 6) is 0.0259. The summed E-state index contributed by atoms with van der Waals surface area (Å²) in [6, 6.07) is 19.9. The van der Waals surface area contributed by atoms with Crippen LogP contribution < -0.4 is 5.32 Å². The number of phenols is 1. The molecule has 0 fully saturated rings. The van der Waals surface area contributed by atoms with Gasteiger partial charge in [-0.15, -0.1) is 0 Å². The third-order valence-corrected chi connectivity index (χ3v) is 5.32. The van der Waals surface area contributed by atoms with Crippen LogP contribution in [0.15, 0.2) is 71.7 Å². The number of fused-ring (bicyclic) bond motifs is 1. The molecule has 0 aromatic heterocycles. The topological polar surface area (TPSA) is 61.7 Å². The van der Waals surface area contributed by atoms with Gasteiger partial charge >= 0.3 is 0 Å². The highest BCUT2D eigenvalue weighted by Gasteiger charge is 2.26. The first kappa shape index (κ1) is 19.2. The van der Waals surface area contributed by atoms with E-state index in [0.717, 1.165) is 23.1 Å². The van der Waals surface area contributed by atoms with Crippen molar-refractivity contribution in [1.29, 1.82) is 0 Å². The lowest BCUT2D eigenvalue weighted by atomic mass is 10.00. The Morgan fingerprint density at radius 1 is 1.00 bits per heavy atom. The van der Waals surface area contributed by atoms with E-state index >= 15 is 0 Å². The zero-order valence-electron chi connectivity index (χ0n) is 16.0. The minimum absolute atomic E-state index is 0.151. The highest BCUT2D eigenvalue weighted by atomic mass is 35.5. The van der Waals surface area contributed by atoms with Crippen molar-refractivity contribution in [3.8, 4) is 5.75 Å². The van der Waals surface area contributed by atoms with Gasteiger partial charge in [0.25, 0.3) is 0 Å². The molecule has 5 heteroatoms. The number of phenolic OH excluding ortho intramolecular Hbond substituents is 1. The molecule has 1 unspecified atom stereocenters. The number of anilines is 1. The maximum absolute atomic E-state index is 12.9. The Morgan fingerprint density at radius 3 is 2.38 bits per heavy atom. The Kier molecular flexibility index (Phi) is 5.36. The number of aryl methyl sites for hydroxylation is 1. The van der Waals surface area contributed by atoms with E-state index in [2.05, 4.69) is 36.5 Å². The molecule has 4 nitrogen and oxygen atoms in total. The molecule has 0 saturated carbocycles. The summed E-state index contributed by atoms with van der Waals surface area (Å²) in [5, 5.41) is 13.2. The molecule has 4 rings (SSSR count). The summed E-state index contributed by atoms with van der Waals surface area (Å²) >= 11 is 6.23. The first-order chi connectivity index (χ1) is 14.0. The van der Waals surface area contributed by atoms with Crippen LogP contribution in [0.4, 0.5) is 5.69 Å². The van der Waals surface area contributed by atoms with Crippen molar-refractivity contribution < 1.29 is 9.90 Å². The zero-order valence-corrected chi connectivity index (χ0v) is 16.8. The first-order valence-electron chi connectivity index (χ1n) is 9.59. The van der Waals surface area contributed by atoms with Crippen LogP contribution in [0.2, 0.25) is 5.02 Å². The summed E-state index contributed by atoms with van der Waals surface area (Å²) in [7, 11) is 0. The average Bonchev–Trinajstić information content (AvgIpc) is 2.86. The minimum Gasteiger partial charge on any atom is -0.508 e. The number of benzodiazepines with no additional fused rings is 1. The van der Waals surface area contributed by atoms with Crippen LogP contribution in [0.3, 0.4) is 0 Å². The number of carbonyl (C=O) groups excluding carboxylic acids is 1. The fourth-order valence-electron chi connectivity index (χ4n) is 3.44. The molecule has 1 atom stereocenters. The van der Waals surface area contributed by atoms with Crippen molar-refractivity contribution in [2.24, 2.45) is 4.99 Å². The smallest absolute Gasteiger partial charge is 0.249 e. The van der Waals surface area contributed by atoms with Gasteiger partial charge in [-0.2, -0.15) is 0 Å². The summed E-state index contributed by atoms with van der Waals surface area (Å²) in [5.41, 5.74) is 5.25. The van der Waals surface area contributed by atoms with Gasteiger partial charge in [0.15, 0.2) is 0 Å². The molecule has 1 amide bonds. The zero-order chi connectivity index (χ0) is 20.4. The van der Waals surface area contributed by atoms with E-state index in [0.29, 0.717) is 22.8 Å². The van der Waals surface area contributed by atoms with Crippen molar-refractivity contribution in [3.05, 3.63) is 94.0 Å². The standard InChI is InChI=1S/C24H21ClN2O2/c1-2-15-3-5-16(6-4-15)13-22-24(29)27-21-12-9-18(25)14-20(21)23(26-22)17-7-10-19(28)11-8-17/h3-12,14,22,28H,2,13H2,1H3,(H,27,29). The van der Waals surface area contributed by atoms with Gasteiger partial charge < -0.3 is 10.4 Å². The van der Waals surface area contributed by atoms with E-state index in [4.69, 9.17) is 16.6 Å². The van der Waals surface area contributed by atoms with Crippen molar-refractivity contribution in [2.75, 3.05) is 5.32 Å². The lowest BCUT2D eigenvalue weighted by molar-refractivity contribution is -0.117. The second-order valence-corrected chi connectivity index (χ2v) is 7.53. The Hall–Kier alpha value is -3.11. The van der Waals surface area contributed by atoms with Crippen LogP contribution in [0.1, 0.15) is 29.2 Å². The van der Waals surface area contributed by atoms with Crippen molar-refractivity contribution >= 4 is 28.9 Å². The number of carbonyl (C=O) groups is 1. The minimum atomic E-state index is -0.572. The molecule has 0 saturated heterocycles. The van der Waals surface area contributed by atoms with Crippen LogP contribution >= 0.6 is 11.6 Å². The van der Waals surface area contributed by atoms with Gasteiger partial charge in [-0.05, 0) is 60.0 Å². The highest BCUT2D eigenvalue weighted by molar-refractivity contribution is 6.32. The molecule has 29 heavy (non-hydrogen) atoms. The summed E-state index contributed by atoms with van der Waals surface area (Å²) < 4.78 is 0. The van der Waals surface area contributed by atoms with Crippen LogP contribution in [0.5, 0.6) is 5.75 Å². The Bertz CT molecular complexity index is 1070. The lowest BCUT2D eigenvalue weighted by Crippen LogP contribution is -2.27. The Morgan fingerprint density at radius 2 is 1.69 bits per heavy atom. The number of amides is 1. The summed E-state index contributed by atoms with van der Waals surface area (Å²) in [6.07, 6.45) is 1.47. The predicted molar refractivity (Wildman–Crippen MR) is 117 cm³/mol. The molecule has 0 bridgehead atoms. The van der Waals surface area contributed by atoms with E-state index in [-0.39, 0.29) is 11.7 Å². The van der Waals surface area contributed by atoms with E-state index in [1.807, 2.05) is 0 Å². The van der Waals surface area contributed by atoms with E-state index in [1.54, 1.807) is 42.5 Å². The number of benzene rings is 3. The third-order valence-electron chi connectivity index (χ3n) is 5.08. The Labute approximate surface area is 174 Å². The second-order valence-electron chi connectivity index (χ2n) is 7.09. The van der Waals surface area contributed by atoms with Gasteiger partial charge in [0.05, 0.1) is 11.4 Å². The van der Waals surface area contributed by atoms with Crippen molar-refractivity contribution in [3.63, 3.8) is 0 Å². The molecule has 3 aromatic carbocycles. The fraction of sp³-hybridized carbons (Fsp3) is 0.167. The number of rotatable bonds is 4. The summed E-state index contributed by atoms with van der Waals surface area (Å²) in [6.45, 7) is 2.12. The number of nitrogens with zero attached hydrogens (tertiary/aromatic N) is 1. The molecule has 0 aliphatic carbocycles. The summed E-state index contributed by atoms with van der Waals surface area (Å²) in [4.78, 5) is 17.8. The van der Waals surface area contributed by atoms with Crippen LogP contribution in [-0.2, 0) is 17.6 Å². The molecule has 3 aromatic rings. The lowest BCUT2D eigenvalue weighted by Gasteiger charge is -2.12. The number of aromatic hydroxyl groups is 1. The quantitative estimate of drug-likeness (QED) is 0.642. The molecule has 1 aliphatic heterocycles. The second kappa shape index (κ2) is 8.10. The number of hydrogen-bond acceptors (Lipinski definition) is 3. The van der Waals surface area contributed by atoms with Gasteiger partial charge in [0, 0.05) is 22.6 Å². The van der Waals surface area contributed by atoms with Crippen LogP contribution in [-0.4, -0.2) is 22.8 Å². The number of hydrogen-bond donors (Lipinski definition) is 2. The molecule has 0 radical (unpaired) electrons. The van der Waals surface area contributed by atoms with Crippen molar-refractivity contribution in [2.45, 2.75) is 25.8 Å². The van der Waals surface area contributed by atoms with Crippen molar-refractivity contribution in [1.82, 2.24) is 0 Å². The largest absolute Gasteiger partial charge is 0.508 e. The monoisotopic (exact) mass is 404 g/mol. The van der Waals surface area contributed by atoms with Gasteiger partial charge in [-0.3, -0.25) is 9.79 Å². The van der Waals surface area contributed by atoms with Gasteiger partial charge in [-0.25, -0.2) is 0 Å². The van der Waals surface area contributed by atoms with Gasteiger partial charge in [0.2, 0.25) is 5.91 Å². The highest BCUT2D eigenvalue weighted by Crippen LogP contribution is 2.28. The SMILES string of the molecule is CCc1ccc(CC2N=C(c3ccc(O)cc3)c3cc(Cl)ccc3NC2=O)cc1. The predicted octanol–water partition coefficient (Wildman–Crippen LogP) is 5.01. The Balaban J connectivity index is 1.77. The maximum Gasteiger partial charge on any atom is 0.249 e. The fourth-order valence-corrected chi connectivity index (χ4v) is 3.62. The molecule has 146 valence electrons. The van der Waals surface area contributed by atoms with E-state index in [9.17, 15) is 9.90 Å². The molecular formula is C24H21ClN2O2. The average molecular weight is 405 g/mol. The number of nitrogens with one attached hydrogen (secondary N) is 1. The van der Waals surface area contributed by atoms with Gasteiger partial charge in [0.1, 0.15) is 11.8 Å². The molecule has 2 N–H and O–H groups in total. The number of aliphatic imine (C=N–C) groups is 1. The molecular weight excluding hydrogens is 384 g/mol. The first-order valence-corrected chi connectivity index (χ1v) is 9.97. The van der Waals surface area contributed by atoms with Gasteiger partial charge in [-0.1, -0.05) is 42.8 Å². The van der Waals surface area contributed by atoms with E-state index < -0.39 is 6.04 Å². The normalized spacial score (nSPS) is 15.9. The van der Waals surface area contributed by atoms with E-state index in [1.165, 1.54) is 5.56 Å². The third kappa shape index (κ3) is 4.17. The number of halogens is 1. The maximum atomic E-state index is 12.9.